The van der Waals surface area contributed by atoms with Crippen LogP contribution in [0.1, 0.15) is 5.56 Å². The highest BCUT2D eigenvalue weighted by Gasteiger charge is 2.11. The maximum absolute atomic E-state index is 8.79. The molecule has 0 atom stereocenters. The smallest absolute Gasteiger partial charge is 0.299 e. The SMILES string of the molecule is N#Cc1ccc(Oc2nn3cc(-c4cccnc4)nc3s2)cc1. The summed E-state index contributed by atoms with van der Waals surface area (Å²) in [6.45, 7) is 0. The minimum Gasteiger partial charge on any atom is -0.430 e. The molecule has 0 aliphatic carbocycles. The van der Waals surface area contributed by atoms with E-state index >= 15 is 0 Å². The van der Waals surface area contributed by atoms with Gasteiger partial charge in [-0.25, -0.2) is 9.50 Å². The van der Waals surface area contributed by atoms with Gasteiger partial charge in [0, 0.05) is 18.0 Å². The third kappa shape index (κ3) is 2.63. The van der Waals surface area contributed by atoms with E-state index < -0.39 is 0 Å². The van der Waals surface area contributed by atoms with Crippen molar-refractivity contribution < 1.29 is 4.74 Å². The van der Waals surface area contributed by atoms with Gasteiger partial charge in [0.2, 0.25) is 4.96 Å². The van der Waals surface area contributed by atoms with E-state index in [2.05, 4.69) is 21.1 Å². The van der Waals surface area contributed by atoms with Crippen LogP contribution in [0.2, 0.25) is 0 Å². The van der Waals surface area contributed by atoms with Gasteiger partial charge in [-0.3, -0.25) is 4.98 Å². The monoisotopic (exact) mass is 319 g/mol. The second kappa shape index (κ2) is 5.51. The van der Waals surface area contributed by atoms with Crippen molar-refractivity contribution in [2.24, 2.45) is 0 Å². The van der Waals surface area contributed by atoms with Gasteiger partial charge in [0.25, 0.3) is 5.19 Å². The highest BCUT2D eigenvalue weighted by atomic mass is 32.1. The maximum Gasteiger partial charge on any atom is 0.299 e. The highest BCUT2D eigenvalue weighted by Crippen LogP contribution is 2.28. The molecule has 0 spiro atoms. The van der Waals surface area contributed by atoms with Crippen LogP contribution < -0.4 is 4.74 Å². The van der Waals surface area contributed by atoms with E-state index in [0.717, 1.165) is 16.2 Å². The molecule has 0 fully saturated rings. The van der Waals surface area contributed by atoms with Crippen molar-refractivity contribution >= 4 is 16.3 Å². The summed E-state index contributed by atoms with van der Waals surface area (Å²) in [6, 6.07) is 12.8. The van der Waals surface area contributed by atoms with Crippen molar-refractivity contribution in [1.29, 1.82) is 5.26 Å². The molecule has 3 heterocycles. The molecule has 3 aromatic heterocycles. The van der Waals surface area contributed by atoms with Gasteiger partial charge in [0.05, 0.1) is 23.5 Å². The summed E-state index contributed by atoms with van der Waals surface area (Å²) in [5.74, 6) is 0.633. The second-order valence-electron chi connectivity index (χ2n) is 4.70. The van der Waals surface area contributed by atoms with E-state index in [0.29, 0.717) is 16.5 Å². The summed E-state index contributed by atoms with van der Waals surface area (Å²) in [5, 5.41) is 13.6. The average molecular weight is 319 g/mol. The van der Waals surface area contributed by atoms with E-state index in [1.54, 1.807) is 41.2 Å². The summed E-state index contributed by atoms with van der Waals surface area (Å²) in [7, 11) is 0. The molecule has 6 nitrogen and oxygen atoms in total. The Balaban J connectivity index is 1.60. The Morgan fingerprint density at radius 2 is 2.04 bits per heavy atom. The van der Waals surface area contributed by atoms with Gasteiger partial charge in [-0.1, -0.05) is 0 Å². The van der Waals surface area contributed by atoms with Gasteiger partial charge < -0.3 is 4.74 Å². The predicted octanol–water partition coefficient (Wildman–Crippen LogP) is 3.52. The van der Waals surface area contributed by atoms with Crippen LogP contribution in [0.4, 0.5) is 0 Å². The lowest BCUT2D eigenvalue weighted by Crippen LogP contribution is -1.86. The summed E-state index contributed by atoms with van der Waals surface area (Å²) < 4.78 is 7.38. The molecule has 0 radical (unpaired) electrons. The fraction of sp³-hybridized carbons (Fsp3) is 0. The van der Waals surface area contributed by atoms with Gasteiger partial charge in [-0.2, -0.15) is 5.26 Å². The summed E-state index contributed by atoms with van der Waals surface area (Å²) in [6.07, 6.45) is 5.33. The number of benzene rings is 1. The Kier molecular flexibility index (Phi) is 3.22. The zero-order valence-corrected chi connectivity index (χ0v) is 12.6. The molecule has 4 rings (SSSR count). The quantitative estimate of drug-likeness (QED) is 0.577. The second-order valence-corrected chi connectivity index (χ2v) is 5.62. The maximum atomic E-state index is 8.79. The molecule has 0 bridgehead atoms. The average Bonchev–Trinajstić information content (AvgIpc) is 3.15. The van der Waals surface area contributed by atoms with E-state index in [-0.39, 0.29) is 0 Å². The van der Waals surface area contributed by atoms with Crippen LogP contribution in [0.15, 0.2) is 55.0 Å². The number of imidazole rings is 1. The first-order chi connectivity index (χ1) is 11.3. The van der Waals surface area contributed by atoms with Gasteiger partial charge in [0.1, 0.15) is 5.75 Å². The number of fused-ring (bicyclic) bond motifs is 1. The number of aromatic nitrogens is 4. The van der Waals surface area contributed by atoms with Crippen LogP contribution in [-0.4, -0.2) is 19.6 Å². The number of hydrogen-bond donors (Lipinski definition) is 0. The van der Waals surface area contributed by atoms with Crippen LogP contribution >= 0.6 is 11.3 Å². The lowest BCUT2D eigenvalue weighted by molar-refractivity contribution is 0.470. The van der Waals surface area contributed by atoms with E-state index in [1.165, 1.54) is 11.3 Å². The van der Waals surface area contributed by atoms with Crippen LogP contribution in [0.3, 0.4) is 0 Å². The van der Waals surface area contributed by atoms with Crippen molar-refractivity contribution in [2.75, 3.05) is 0 Å². The minimum atomic E-state index is 0.495. The van der Waals surface area contributed by atoms with Crippen molar-refractivity contribution in [1.82, 2.24) is 19.6 Å². The third-order valence-electron chi connectivity index (χ3n) is 3.17. The fourth-order valence-corrected chi connectivity index (χ4v) is 2.83. The Morgan fingerprint density at radius 1 is 1.17 bits per heavy atom. The van der Waals surface area contributed by atoms with Crippen LogP contribution in [-0.2, 0) is 0 Å². The fourth-order valence-electron chi connectivity index (χ4n) is 2.07. The molecule has 0 saturated heterocycles. The first kappa shape index (κ1) is 13.4. The molecule has 0 aliphatic heterocycles. The summed E-state index contributed by atoms with van der Waals surface area (Å²) >= 11 is 1.35. The predicted molar refractivity (Wildman–Crippen MR) is 85.3 cm³/mol. The molecule has 0 unspecified atom stereocenters. The molecule has 4 aromatic rings. The van der Waals surface area contributed by atoms with Crippen LogP contribution in [0.5, 0.6) is 10.9 Å². The normalized spacial score (nSPS) is 10.6. The molecular formula is C16H9N5OS. The van der Waals surface area contributed by atoms with Crippen LogP contribution in [0.25, 0.3) is 16.2 Å². The molecule has 7 heteroatoms. The lowest BCUT2D eigenvalue weighted by Gasteiger charge is -1.99. The van der Waals surface area contributed by atoms with Crippen molar-refractivity contribution in [3.63, 3.8) is 0 Å². The zero-order valence-electron chi connectivity index (χ0n) is 11.7. The molecule has 0 amide bonds. The third-order valence-corrected chi connectivity index (χ3v) is 3.97. The van der Waals surface area contributed by atoms with Gasteiger partial charge in [-0.05, 0) is 47.7 Å². The number of rotatable bonds is 3. The Morgan fingerprint density at radius 3 is 2.74 bits per heavy atom. The molecule has 0 saturated carbocycles. The Labute approximate surface area is 135 Å². The lowest BCUT2D eigenvalue weighted by atomic mass is 10.2. The van der Waals surface area contributed by atoms with Crippen LogP contribution in [0, 0.1) is 11.3 Å². The molecular weight excluding hydrogens is 310 g/mol. The molecule has 0 aliphatic rings. The van der Waals surface area contributed by atoms with Crippen molar-refractivity contribution in [3.05, 3.63) is 60.6 Å². The number of nitriles is 1. The topological polar surface area (TPSA) is 76.1 Å². The molecule has 110 valence electrons. The minimum absolute atomic E-state index is 0.495. The summed E-state index contributed by atoms with van der Waals surface area (Å²) in [4.78, 5) is 9.36. The van der Waals surface area contributed by atoms with Gasteiger partial charge in [-0.15, -0.1) is 5.10 Å². The van der Waals surface area contributed by atoms with Gasteiger partial charge >= 0.3 is 0 Å². The highest BCUT2D eigenvalue weighted by molar-refractivity contribution is 7.18. The first-order valence-corrected chi connectivity index (χ1v) is 7.58. The largest absolute Gasteiger partial charge is 0.430 e. The zero-order chi connectivity index (χ0) is 15.6. The standard InChI is InChI=1S/C16H9N5OS/c17-8-11-3-5-13(6-4-11)22-16-20-21-10-14(19-15(21)23-16)12-2-1-7-18-9-12/h1-7,9-10H. The number of hydrogen-bond acceptors (Lipinski definition) is 6. The molecule has 0 N–H and O–H groups in total. The molecule has 23 heavy (non-hydrogen) atoms. The van der Waals surface area contributed by atoms with Crippen molar-refractivity contribution in [2.45, 2.75) is 0 Å². The first-order valence-electron chi connectivity index (χ1n) is 6.76. The van der Waals surface area contributed by atoms with E-state index in [4.69, 9.17) is 10.00 Å². The Bertz CT molecular complexity index is 967. The summed E-state index contributed by atoms with van der Waals surface area (Å²) in [5.41, 5.74) is 2.36. The number of pyridine rings is 1. The number of ether oxygens (including phenoxy) is 1. The molecule has 1 aromatic carbocycles. The van der Waals surface area contributed by atoms with E-state index in [1.807, 2.05) is 18.3 Å². The number of nitrogens with zero attached hydrogens (tertiary/aromatic N) is 5. The van der Waals surface area contributed by atoms with E-state index in [9.17, 15) is 0 Å². The Hall–Kier alpha value is -3.24. The van der Waals surface area contributed by atoms with Gasteiger partial charge in [0.15, 0.2) is 0 Å². The van der Waals surface area contributed by atoms with Crippen molar-refractivity contribution in [3.8, 4) is 28.3 Å².